The van der Waals surface area contributed by atoms with E-state index in [1.165, 1.54) is 12.1 Å². The van der Waals surface area contributed by atoms with E-state index in [0.717, 1.165) is 37.0 Å². The molecule has 0 saturated carbocycles. The fourth-order valence-corrected chi connectivity index (χ4v) is 2.03. The maximum absolute atomic E-state index is 12.4. The number of halogens is 3. The van der Waals surface area contributed by atoms with Crippen LogP contribution in [0.5, 0.6) is 0 Å². The van der Waals surface area contributed by atoms with E-state index in [1.54, 1.807) is 0 Å². The summed E-state index contributed by atoms with van der Waals surface area (Å²) in [5, 5.41) is 0. The van der Waals surface area contributed by atoms with E-state index in [-0.39, 0.29) is 12.2 Å². The number of benzene rings is 1. The number of rotatable bonds is 3. The number of hydrogen-bond donors (Lipinski definition) is 0. The minimum Gasteiger partial charge on any atom is -0.294 e. The van der Waals surface area contributed by atoms with E-state index in [1.807, 2.05) is 6.08 Å². The molecule has 0 bridgehead atoms. The Bertz CT molecular complexity index is 469. The number of carbonyl (C=O) groups is 1. The number of ketones is 1. The third-order valence-electron chi connectivity index (χ3n) is 3.05. The molecule has 0 unspecified atom stereocenters. The van der Waals surface area contributed by atoms with Crippen LogP contribution in [0.1, 0.15) is 30.4 Å². The second-order valence-corrected chi connectivity index (χ2v) is 4.42. The second kappa shape index (κ2) is 4.96. The summed E-state index contributed by atoms with van der Waals surface area (Å²) in [7, 11) is 0. The summed E-state index contributed by atoms with van der Waals surface area (Å²) < 4.78 is 37.1. The lowest BCUT2D eigenvalue weighted by Crippen LogP contribution is -2.07. The second-order valence-electron chi connectivity index (χ2n) is 4.42. The average molecular weight is 254 g/mol. The Labute approximate surface area is 103 Å². The Morgan fingerprint density at radius 3 is 2.33 bits per heavy atom. The molecule has 1 nitrogen and oxygen atoms in total. The molecule has 0 spiro atoms. The molecule has 0 amide bonds. The van der Waals surface area contributed by atoms with E-state index in [2.05, 4.69) is 0 Å². The molecular formula is C14H13F3O. The molecule has 2 rings (SSSR count). The van der Waals surface area contributed by atoms with E-state index in [4.69, 9.17) is 0 Å². The van der Waals surface area contributed by atoms with Gasteiger partial charge in [-0.05, 0) is 42.5 Å². The SMILES string of the molecule is O=C(Cc1ccc(C(F)(F)F)cc1)C1=CCCC1. The third-order valence-corrected chi connectivity index (χ3v) is 3.05. The normalized spacial score (nSPS) is 15.6. The zero-order chi connectivity index (χ0) is 13.2. The molecule has 0 aromatic heterocycles. The van der Waals surface area contributed by atoms with Gasteiger partial charge in [0.15, 0.2) is 5.78 Å². The molecule has 4 heteroatoms. The van der Waals surface area contributed by atoms with Gasteiger partial charge >= 0.3 is 6.18 Å². The fourth-order valence-electron chi connectivity index (χ4n) is 2.03. The van der Waals surface area contributed by atoms with Crippen LogP contribution in [0.2, 0.25) is 0 Å². The predicted octanol–water partition coefficient (Wildman–Crippen LogP) is 3.93. The summed E-state index contributed by atoms with van der Waals surface area (Å²) in [6.45, 7) is 0. The van der Waals surface area contributed by atoms with E-state index >= 15 is 0 Å². The van der Waals surface area contributed by atoms with Crippen molar-refractivity contribution in [1.82, 2.24) is 0 Å². The predicted molar refractivity (Wildman–Crippen MR) is 62.1 cm³/mol. The lowest BCUT2D eigenvalue weighted by molar-refractivity contribution is -0.137. The smallest absolute Gasteiger partial charge is 0.294 e. The van der Waals surface area contributed by atoms with Crippen LogP contribution in [-0.2, 0) is 17.4 Å². The van der Waals surface area contributed by atoms with Crippen molar-refractivity contribution >= 4 is 5.78 Å². The zero-order valence-electron chi connectivity index (χ0n) is 9.76. The summed E-state index contributed by atoms with van der Waals surface area (Å²) in [6, 6.07) is 4.78. The Morgan fingerprint density at radius 1 is 1.17 bits per heavy atom. The Balaban J connectivity index is 2.04. The molecule has 0 radical (unpaired) electrons. The van der Waals surface area contributed by atoms with Crippen LogP contribution in [0.15, 0.2) is 35.9 Å². The largest absolute Gasteiger partial charge is 0.416 e. The number of allylic oxidation sites excluding steroid dienone is 2. The number of Topliss-reactive ketones (excluding diaryl/α,β-unsaturated/α-hetero) is 1. The third kappa shape index (κ3) is 3.00. The van der Waals surface area contributed by atoms with Gasteiger partial charge in [-0.25, -0.2) is 0 Å². The minimum atomic E-state index is -4.32. The molecule has 96 valence electrons. The molecule has 1 aliphatic carbocycles. The molecule has 1 aliphatic rings. The van der Waals surface area contributed by atoms with Gasteiger partial charge in [0, 0.05) is 6.42 Å². The first-order valence-corrected chi connectivity index (χ1v) is 5.85. The van der Waals surface area contributed by atoms with E-state index in [0.29, 0.717) is 5.56 Å². The number of alkyl halides is 3. The summed E-state index contributed by atoms with van der Waals surface area (Å²) in [5.41, 5.74) is 0.759. The summed E-state index contributed by atoms with van der Waals surface area (Å²) >= 11 is 0. The van der Waals surface area contributed by atoms with Gasteiger partial charge in [-0.15, -0.1) is 0 Å². The molecule has 0 saturated heterocycles. The maximum Gasteiger partial charge on any atom is 0.416 e. The first-order chi connectivity index (χ1) is 8.47. The van der Waals surface area contributed by atoms with Crippen molar-refractivity contribution in [2.45, 2.75) is 31.9 Å². The first kappa shape index (κ1) is 12.9. The quantitative estimate of drug-likeness (QED) is 0.798. The molecular weight excluding hydrogens is 241 g/mol. The van der Waals surface area contributed by atoms with Crippen molar-refractivity contribution in [1.29, 1.82) is 0 Å². The van der Waals surface area contributed by atoms with Crippen molar-refractivity contribution in [2.75, 3.05) is 0 Å². The van der Waals surface area contributed by atoms with Crippen LogP contribution < -0.4 is 0 Å². The van der Waals surface area contributed by atoms with E-state index in [9.17, 15) is 18.0 Å². The summed E-state index contributed by atoms with van der Waals surface area (Å²) in [4.78, 5) is 11.8. The fraction of sp³-hybridized carbons (Fsp3) is 0.357. The van der Waals surface area contributed by atoms with Gasteiger partial charge < -0.3 is 0 Å². The van der Waals surface area contributed by atoms with Crippen LogP contribution >= 0.6 is 0 Å². The average Bonchev–Trinajstić information content (AvgIpc) is 2.82. The highest BCUT2D eigenvalue weighted by atomic mass is 19.4. The Hall–Kier alpha value is -1.58. The maximum atomic E-state index is 12.4. The lowest BCUT2D eigenvalue weighted by Gasteiger charge is -2.07. The van der Waals surface area contributed by atoms with Gasteiger partial charge in [-0.3, -0.25) is 4.79 Å². The van der Waals surface area contributed by atoms with Gasteiger partial charge in [0.25, 0.3) is 0 Å². The molecule has 0 N–H and O–H groups in total. The molecule has 1 aromatic rings. The van der Waals surface area contributed by atoms with Crippen molar-refractivity contribution < 1.29 is 18.0 Å². The van der Waals surface area contributed by atoms with Gasteiger partial charge in [-0.2, -0.15) is 13.2 Å². The van der Waals surface area contributed by atoms with Crippen LogP contribution in [-0.4, -0.2) is 5.78 Å². The lowest BCUT2D eigenvalue weighted by atomic mass is 10.0. The first-order valence-electron chi connectivity index (χ1n) is 5.85. The van der Waals surface area contributed by atoms with Crippen LogP contribution in [0.25, 0.3) is 0 Å². The molecule has 1 aromatic carbocycles. The molecule has 18 heavy (non-hydrogen) atoms. The van der Waals surface area contributed by atoms with Crippen LogP contribution in [0, 0.1) is 0 Å². The van der Waals surface area contributed by atoms with Crippen LogP contribution in [0.4, 0.5) is 13.2 Å². The van der Waals surface area contributed by atoms with Crippen LogP contribution in [0.3, 0.4) is 0 Å². The van der Waals surface area contributed by atoms with E-state index < -0.39 is 11.7 Å². The molecule has 0 fully saturated rings. The minimum absolute atomic E-state index is 0.0206. The topological polar surface area (TPSA) is 17.1 Å². The van der Waals surface area contributed by atoms with Gasteiger partial charge in [0.05, 0.1) is 5.56 Å². The van der Waals surface area contributed by atoms with Crippen molar-refractivity contribution in [2.24, 2.45) is 0 Å². The van der Waals surface area contributed by atoms with Gasteiger partial charge in [-0.1, -0.05) is 18.2 Å². The highest BCUT2D eigenvalue weighted by Crippen LogP contribution is 2.29. The van der Waals surface area contributed by atoms with Crippen molar-refractivity contribution in [3.63, 3.8) is 0 Å². The number of hydrogen-bond acceptors (Lipinski definition) is 1. The highest BCUT2D eigenvalue weighted by Gasteiger charge is 2.30. The summed E-state index contributed by atoms with van der Waals surface area (Å²) in [5.74, 6) is 0.0206. The highest BCUT2D eigenvalue weighted by molar-refractivity contribution is 5.97. The molecule has 0 atom stereocenters. The monoisotopic (exact) mass is 254 g/mol. The Morgan fingerprint density at radius 2 is 1.83 bits per heavy atom. The number of carbonyl (C=O) groups excluding carboxylic acids is 1. The standard InChI is InChI=1S/C14H13F3O/c15-14(16,17)12-7-5-10(6-8-12)9-13(18)11-3-1-2-4-11/h3,5-8H,1-2,4,9H2. The van der Waals surface area contributed by atoms with Crippen molar-refractivity contribution in [3.8, 4) is 0 Å². The van der Waals surface area contributed by atoms with Gasteiger partial charge in [0.2, 0.25) is 0 Å². The summed E-state index contributed by atoms with van der Waals surface area (Å²) in [6.07, 6.45) is 0.495. The molecule has 0 heterocycles. The van der Waals surface area contributed by atoms with Crippen molar-refractivity contribution in [3.05, 3.63) is 47.0 Å². The molecule has 0 aliphatic heterocycles. The zero-order valence-corrected chi connectivity index (χ0v) is 9.76. The Kier molecular flexibility index (Phi) is 3.55. The van der Waals surface area contributed by atoms with Gasteiger partial charge in [0.1, 0.15) is 0 Å².